The fraction of sp³-hybridized carbons (Fsp3) is 0.333. The van der Waals surface area contributed by atoms with Gasteiger partial charge in [0, 0.05) is 32.3 Å². The van der Waals surface area contributed by atoms with Crippen molar-refractivity contribution in [3.8, 4) is 11.4 Å². The van der Waals surface area contributed by atoms with Gasteiger partial charge in [0.2, 0.25) is 0 Å². The Morgan fingerprint density at radius 3 is 2.57 bits per heavy atom. The Morgan fingerprint density at radius 2 is 2.00 bits per heavy atom. The number of hydrogen-bond donors (Lipinski definition) is 0. The molecule has 114 valence electrons. The standard InChI is InChI=1S/C12H12BrCl2N3O2S/c1-7(2)6-18-11(16-17-12(18)21(15,19)20)9-5-8(14)3-4-10(9)13/h3-5,7H,6H2,1-2H3. The molecule has 0 unspecified atom stereocenters. The van der Waals surface area contributed by atoms with Crippen LogP contribution in [0.2, 0.25) is 5.02 Å². The first-order valence-electron chi connectivity index (χ1n) is 6.03. The van der Waals surface area contributed by atoms with Gasteiger partial charge in [-0.1, -0.05) is 41.4 Å². The number of rotatable bonds is 4. The summed E-state index contributed by atoms with van der Waals surface area (Å²) in [6, 6.07) is 5.18. The minimum absolute atomic E-state index is 0.190. The molecule has 0 saturated carbocycles. The third-order valence-electron chi connectivity index (χ3n) is 2.65. The summed E-state index contributed by atoms with van der Waals surface area (Å²) >= 11 is 9.40. The van der Waals surface area contributed by atoms with Gasteiger partial charge in [-0.05, 0) is 24.1 Å². The third kappa shape index (κ3) is 3.77. The molecule has 0 fully saturated rings. The van der Waals surface area contributed by atoms with E-state index in [-0.39, 0.29) is 11.1 Å². The van der Waals surface area contributed by atoms with Crippen LogP contribution in [0.15, 0.2) is 27.8 Å². The lowest BCUT2D eigenvalue weighted by atomic mass is 10.2. The Morgan fingerprint density at radius 1 is 1.33 bits per heavy atom. The predicted molar refractivity (Wildman–Crippen MR) is 86.0 cm³/mol. The summed E-state index contributed by atoms with van der Waals surface area (Å²) in [5.74, 6) is 0.590. The summed E-state index contributed by atoms with van der Waals surface area (Å²) < 4.78 is 25.5. The van der Waals surface area contributed by atoms with E-state index in [1.165, 1.54) is 4.57 Å². The van der Waals surface area contributed by atoms with Crippen molar-refractivity contribution < 1.29 is 8.42 Å². The molecule has 0 N–H and O–H groups in total. The van der Waals surface area contributed by atoms with Crippen molar-refractivity contribution in [3.63, 3.8) is 0 Å². The van der Waals surface area contributed by atoms with Crippen LogP contribution in [-0.4, -0.2) is 23.2 Å². The van der Waals surface area contributed by atoms with Gasteiger partial charge < -0.3 is 0 Å². The molecule has 2 rings (SSSR count). The second-order valence-corrected chi connectivity index (χ2v) is 8.62. The summed E-state index contributed by atoms with van der Waals surface area (Å²) in [4.78, 5) is 0. The monoisotopic (exact) mass is 411 g/mol. The van der Waals surface area contributed by atoms with Crippen LogP contribution in [0.25, 0.3) is 11.4 Å². The summed E-state index contributed by atoms with van der Waals surface area (Å²) in [5.41, 5.74) is 0.655. The van der Waals surface area contributed by atoms with E-state index in [0.29, 0.717) is 23.0 Å². The molecule has 0 spiro atoms. The molecule has 0 amide bonds. The minimum atomic E-state index is -3.98. The van der Waals surface area contributed by atoms with E-state index in [9.17, 15) is 8.42 Å². The van der Waals surface area contributed by atoms with Gasteiger partial charge in [0.15, 0.2) is 5.82 Å². The fourth-order valence-electron chi connectivity index (χ4n) is 1.87. The molecular weight excluding hydrogens is 401 g/mol. The van der Waals surface area contributed by atoms with Crippen LogP contribution in [0.5, 0.6) is 0 Å². The maximum absolute atomic E-state index is 11.6. The summed E-state index contributed by atoms with van der Waals surface area (Å²) in [6.07, 6.45) is 0. The maximum Gasteiger partial charge on any atom is 0.296 e. The molecule has 21 heavy (non-hydrogen) atoms. The molecular formula is C12H12BrCl2N3O2S. The Hall–Kier alpha value is -0.630. The molecule has 1 heterocycles. The molecule has 0 aliphatic carbocycles. The van der Waals surface area contributed by atoms with E-state index in [2.05, 4.69) is 26.1 Å². The largest absolute Gasteiger partial charge is 0.297 e. The molecule has 0 saturated heterocycles. The van der Waals surface area contributed by atoms with Crippen molar-refractivity contribution in [2.75, 3.05) is 0 Å². The SMILES string of the molecule is CC(C)Cn1c(-c2cc(Cl)ccc2Br)nnc1S(=O)(=O)Cl. The molecule has 1 aromatic heterocycles. The van der Waals surface area contributed by atoms with Crippen LogP contribution in [0, 0.1) is 5.92 Å². The van der Waals surface area contributed by atoms with Crippen LogP contribution in [-0.2, 0) is 15.6 Å². The third-order valence-corrected chi connectivity index (χ3v) is 4.73. The number of nitrogens with zero attached hydrogens (tertiary/aromatic N) is 3. The van der Waals surface area contributed by atoms with E-state index < -0.39 is 9.05 Å². The van der Waals surface area contributed by atoms with Gasteiger partial charge in [-0.3, -0.25) is 4.57 Å². The predicted octanol–water partition coefficient (Wildman–Crippen LogP) is 3.94. The van der Waals surface area contributed by atoms with E-state index in [0.717, 1.165) is 4.47 Å². The molecule has 2 aromatic rings. The molecule has 0 aliphatic heterocycles. The lowest BCUT2D eigenvalue weighted by Crippen LogP contribution is -2.12. The van der Waals surface area contributed by atoms with Gasteiger partial charge in [-0.2, -0.15) is 0 Å². The molecule has 0 aliphatic rings. The fourth-order valence-corrected chi connectivity index (χ4v) is 3.37. The molecule has 1 aromatic carbocycles. The highest BCUT2D eigenvalue weighted by molar-refractivity contribution is 9.10. The van der Waals surface area contributed by atoms with Gasteiger partial charge in [0.05, 0.1) is 0 Å². The van der Waals surface area contributed by atoms with Crippen LogP contribution >= 0.6 is 38.2 Å². The highest BCUT2D eigenvalue weighted by Crippen LogP contribution is 2.31. The van der Waals surface area contributed by atoms with Gasteiger partial charge in [0.25, 0.3) is 14.2 Å². The van der Waals surface area contributed by atoms with Crippen molar-refractivity contribution in [1.82, 2.24) is 14.8 Å². The average Bonchev–Trinajstić information content (AvgIpc) is 2.74. The molecule has 0 radical (unpaired) electrons. The van der Waals surface area contributed by atoms with Crippen LogP contribution in [0.4, 0.5) is 0 Å². The Kier molecular flexibility index (Phi) is 4.97. The minimum Gasteiger partial charge on any atom is -0.297 e. The first kappa shape index (κ1) is 16.7. The zero-order valence-corrected chi connectivity index (χ0v) is 15.1. The zero-order valence-electron chi connectivity index (χ0n) is 11.2. The number of halogens is 3. The van der Waals surface area contributed by atoms with Crippen LogP contribution in [0.1, 0.15) is 13.8 Å². The Labute approximate surface area is 140 Å². The highest BCUT2D eigenvalue weighted by Gasteiger charge is 2.24. The molecule has 9 heteroatoms. The van der Waals surface area contributed by atoms with E-state index >= 15 is 0 Å². The van der Waals surface area contributed by atoms with Gasteiger partial charge in [-0.15, -0.1) is 10.2 Å². The second kappa shape index (κ2) is 6.24. The summed E-state index contributed by atoms with van der Waals surface area (Å²) in [6.45, 7) is 4.34. The van der Waals surface area contributed by atoms with Crippen molar-refractivity contribution in [1.29, 1.82) is 0 Å². The van der Waals surface area contributed by atoms with Gasteiger partial charge in [0.1, 0.15) is 0 Å². The molecule has 5 nitrogen and oxygen atoms in total. The first-order chi connectivity index (χ1) is 9.70. The lowest BCUT2D eigenvalue weighted by molar-refractivity contribution is 0.488. The van der Waals surface area contributed by atoms with Crippen molar-refractivity contribution in [3.05, 3.63) is 27.7 Å². The molecule has 0 bridgehead atoms. The molecule has 0 atom stereocenters. The van der Waals surface area contributed by atoms with Gasteiger partial charge >= 0.3 is 0 Å². The normalized spacial score (nSPS) is 12.1. The summed E-state index contributed by atoms with van der Waals surface area (Å²) in [5, 5.41) is 7.94. The smallest absolute Gasteiger partial charge is 0.296 e. The topological polar surface area (TPSA) is 64.8 Å². The first-order valence-corrected chi connectivity index (χ1v) is 9.51. The van der Waals surface area contributed by atoms with E-state index in [4.69, 9.17) is 22.3 Å². The van der Waals surface area contributed by atoms with Crippen molar-refractivity contribution >= 4 is 47.3 Å². The number of benzene rings is 1. The Balaban J connectivity index is 2.69. The maximum atomic E-state index is 11.6. The van der Waals surface area contributed by atoms with E-state index in [1.54, 1.807) is 18.2 Å². The number of aromatic nitrogens is 3. The summed E-state index contributed by atoms with van der Waals surface area (Å²) in [7, 11) is 1.45. The lowest BCUT2D eigenvalue weighted by Gasteiger charge is -2.12. The van der Waals surface area contributed by atoms with Crippen LogP contribution in [0.3, 0.4) is 0 Å². The quantitative estimate of drug-likeness (QED) is 0.713. The zero-order chi connectivity index (χ0) is 15.8. The second-order valence-electron chi connectivity index (χ2n) is 4.87. The average molecular weight is 413 g/mol. The highest BCUT2D eigenvalue weighted by atomic mass is 79.9. The van der Waals surface area contributed by atoms with E-state index in [1.807, 2.05) is 13.8 Å². The van der Waals surface area contributed by atoms with Crippen LogP contribution < -0.4 is 0 Å². The number of hydrogen-bond acceptors (Lipinski definition) is 4. The van der Waals surface area contributed by atoms with Crippen molar-refractivity contribution in [2.45, 2.75) is 25.5 Å². The van der Waals surface area contributed by atoms with Gasteiger partial charge in [-0.25, -0.2) is 8.42 Å². The Bertz CT molecular complexity index is 775. The van der Waals surface area contributed by atoms with Crippen molar-refractivity contribution in [2.24, 2.45) is 5.92 Å².